The highest BCUT2D eigenvalue weighted by Gasteiger charge is 2.56. The van der Waals surface area contributed by atoms with Crippen molar-refractivity contribution in [3.63, 3.8) is 0 Å². The van der Waals surface area contributed by atoms with Crippen LogP contribution in [0, 0.1) is 13.8 Å². The van der Waals surface area contributed by atoms with Crippen LogP contribution in [-0.2, 0) is 14.3 Å². The Balaban J connectivity index is 2.14. The van der Waals surface area contributed by atoms with Crippen LogP contribution in [0.4, 0.5) is 0 Å². The van der Waals surface area contributed by atoms with Crippen LogP contribution < -0.4 is 0 Å². The second-order valence-corrected chi connectivity index (χ2v) is 6.94. The highest BCUT2D eigenvalue weighted by Crippen LogP contribution is 2.44. The quantitative estimate of drug-likeness (QED) is 0.739. The van der Waals surface area contributed by atoms with Crippen molar-refractivity contribution >= 4 is 27.5 Å². The number of ether oxygens (including phenoxy) is 1. The Labute approximate surface area is 126 Å². The van der Waals surface area contributed by atoms with Gasteiger partial charge in [0.05, 0.1) is 0 Å². The van der Waals surface area contributed by atoms with Crippen molar-refractivity contribution in [3.05, 3.63) is 33.3 Å². The van der Waals surface area contributed by atoms with Crippen LogP contribution in [0.25, 0.3) is 0 Å². The van der Waals surface area contributed by atoms with Crippen molar-refractivity contribution in [1.29, 1.82) is 0 Å². The average molecular weight is 337 g/mol. The summed E-state index contributed by atoms with van der Waals surface area (Å²) < 4.78 is 6.63. The number of rotatable bonds is 1. The summed E-state index contributed by atoms with van der Waals surface area (Å²) in [5.41, 5.74) is 2.04. The molecule has 3 rings (SSSR count). The summed E-state index contributed by atoms with van der Waals surface area (Å²) in [5.74, 6) is -0.808. The maximum atomic E-state index is 12.7. The molecule has 3 atom stereocenters. The van der Waals surface area contributed by atoms with Gasteiger partial charge in [0, 0.05) is 4.47 Å². The number of carbonyl (C=O) groups excluding carboxylic acids is 2. The molecule has 0 N–H and O–H groups in total. The third-order valence-electron chi connectivity index (χ3n) is 4.52. The van der Waals surface area contributed by atoms with Gasteiger partial charge in [0.1, 0.15) is 17.6 Å². The van der Waals surface area contributed by atoms with Crippen LogP contribution in [0.2, 0.25) is 0 Å². The number of hydrogen-bond donors (Lipinski definition) is 0. The van der Waals surface area contributed by atoms with Crippen LogP contribution >= 0.6 is 15.9 Å². The number of Topliss-reactive ketones (excluding diaryl/α,β-unsaturated/α-hetero) is 2. The van der Waals surface area contributed by atoms with Crippen molar-refractivity contribution in [2.24, 2.45) is 0 Å². The zero-order chi connectivity index (χ0) is 14.7. The molecule has 0 radical (unpaired) electrons. The highest BCUT2D eigenvalue weighted by molar-refractivity contribution is 9.10. The fourth-order valence-corrected chi connectivity index (χ4v) is 4.18. The molecule has 0 aromatic heterocycles. The van der Waals surface area contributed by atoms with Gasteiger partial charge in [-0.2, -0.15) is 0 Å². The fourth-order valence-electron chi connectivity index (χ4n) is 3.49. The second kappa shape index (κ2) is 4.50. The van der Waals surface area contributed by atoms with Crippen LogP contribution in [0.3, 0.4) is 0 Å². The van der Waals surface area contributed by atoms with E-state index in [9.17, 15) is 9.59 Å². The van der Waals surface area contributed by atoms with Gasteiger partial charge in [-0.25, -0.2) is 0 Å². The molecule has 0 amide bonds. The van der Waals surface area contributed by atoms with E-state index < -0.39 is 17.6 Å². The van der Waals surface area contributed by atoms with E-state index in [1.807, 2.05) is 32.9 Å². The Hall–Kier alpha value is -1.00. The number of fused-ring (bicyclic) bond motifs is 2. The van der Waals surface area contributed by atoms with Gasteiger partial charge in [0.2, 0.25) is 0 Å². The molecule has 1 aromatic rings. The lowest BCUT2D eigenvalue weighted by molar-refractivity contribution is -0.160. The summed E-state index contributed by atoms with van der Waals surface area (Å²) in [7, 11) is 0. The molecule has 2 aliphatic heterocycles. The summed E-state index contributed by atoms with van der Waals surface area (Å²) >= 11 is 3.45. The van der Waals surface area contributed by atoms with Gasteiger partial charge in [-0.05, 0) is 62.4 Å². The lowest BCUT2D eigenvalue weighted by Gasteiger charge is -2.34. The Kier molecular flexibility index (Phi) is 3.14. The third-order valence-corrected chi connectivity index (χ3v) is 4.98. The minimum absolute atomic E-state index is 0.0708. The van der Waals surface area contributed by atoms with Crippen LogP contribution in [0.15, 0.2) is 16.6 Å². The molecule has 106 valence electrons. The second-order valence-electron chi connectivity index (χ2n) is 6.03. The smallest absolute Gasteiger partial charge is 0.179 e. The molecule has 2 saturated heterocycles. The normalized spacial score (nSPS) is 32.8. The number of hydrogen-bond acceptors (Lipinski definition) is 3. The van der Waals surface area contributed by atoms with Gasteiger partial charge in [0.25, 0.3) is 0 Å². The zero-order valence-electron chi connectivity index (χ0n) is 11.8. The predicted molar refractivity (Wildman–Crippen MR) is 78.9 cm³/mol. The Morgan fingerprint density at radius 2 is 1.85 bits per heavy atom. The molecule has 20 heavy (non-hydrogen) atoms. The molecular formula is C16H17BrO3. The molecule has 2 fully saturated rings. The van der Waals surface area contributed by atoms with Gasteiger partial charge < -0.3 is 4.74 Å². The zero-order valence-corrected chi connectivity index (χ0v) is 13.4. The summed E-state index contributed by atoms with van der Waals surface area (Å²) in [5, 5.41) is 0. The fraction of sp³-hybridized carbons (Fsp3) is 0.500. The first-order chi connectivity index (χ1) is 9.33. The largest absolute Gasteiger partial charge is 0.356 e. The Bertz CT molecular complexity index is 599. The van der Waals surface area contributed by atoms with E-state index in [2.05, 4.69) is 15.9 Å². The average Bonchev–Trinajstić information content (AvgIpc) is 2.72. The van der Waals surface area contributed by atoms with Gasteiger partial charge in [-0.3, -0.25) is 9.59 Å². The van der Waals surface area contributed by atoms with E-state index in [4.69, 9.17) is 4.74 Å². The maximum Gasteiger partial charge on any atom is 0.179 e. The molecule has 3 unspecified atom stereocenters. The van der Waals surface area contributed by atoms with E-state index in [-0.39, 0.29) is 11.6 Å². The number of aryl methyl sites for hydroxylation is 2. The lowest BCUT2D eigenvalue weighted by atomic mass is 9.78. The van der Waals surface area contributed by atoms with Crippen molar-refractivity contribution < 1.29 is 14.3 Å². The maximum absolute atomic E-state index is 12.7. The van der Waals surface area contributed by atoms with Crippen molar-refractivity contribution in [2.45, 2.75) is 51.2 Å². The monoisotopic (exact) mass is 336 g/mol. The summed E-state index contributed by atoms with van der Waals surface area (Å²) in [6.45, 7) is 5.72. The van der Waals surface area contributed by atoms with E-state index >= 15 is 0 Å². The predicted octanol–water partition coefficient (Wildman–Crippen LogP) is 3.24. The van der Waals surface area contributed by atoms with E-state index in [1.165, 1.54) is 0 Å². The Morgan fingerprint density at radius 1 is 1.25 bits per heavy atom. The summed E-state index contributed by atoms with van der Waals surface area (Å²) in [6, 6.07) is 3.92. The lowest BCUT2D eigenvalue weighted by Crippen LogP contribution is -2.49. The number of ketones is 2. The standard InChI is InChI=1S/C16H17BrO3/c1-8-6-10(17)7-9(2)12(8)13-14(18)11-4-5-16(3,20-11)15(13)19/h6-7,11,13H,4-5H2,1-3H3. The van der Waals surface area contributed by atoms with Crippen LogP contribution in [-0.4, -0.2) is 23.3 Å². The molecular weight excluding hydrogens is 320 g/mol. The summed E-state index contributed by atoms with van der Waals surface area (Å²) in [4.78, 5) is 25.3. The highest BCUT2D eigenvalue weighted by atomic mass is 79.9. The van der Waals surface area contributed by atoms with Gasteiger partial charge in [-0.15, -0.1) is 0 Å². The van der Waals surface area contributed by atoms with Gasteiger partial charge >= 0.3 is 0 Å². The SMILES string of the molecule is Cc1cc(Br)cc(C)c1C1C(=O)C2CCC(C)(O2)C1=O. The van der Waals surface area contributed by atoms with Crippen molar-refractivity contribution in [2.75, 3.05) is 0 Å². The molecule has 2 aliphatic rings. The third kappa shape index (κ3) is 1.89. The van der Waals surface area contributed by atoms with Gasteiger partial charge in [-0.1, -0.05) is 15.9 Å². The molecule has 0 saturated carbocycles. The van der Waals surface area contributed by atoms with E-state index in [1.54, 1.807) is 0 Å². The van der Waals surface area contributed by atoms with Crippen molar-refractivity contribution in [1.82, 2.24) is 0 Å². The van der Waals surface area contributed by atoms with Gasteiger partial charge in [0.15, 0.2) is 11.6 Å². The molecule has 4 heteroatoms. The molecule has 2 bridgehead atoms. The molecule has 0 spiro atoms. The molecule has 1 aromatic carbocycles. The van der Waals surface area contributed by atoms with Crippen LogP contribution in [0.1, 0.15) is 42.4 Å². The number of carbonyl (C=O) groups is 2. The number of benzene rings is 1. The van der Waals surface area contributed by atoms with E-state index in [0.717, 1.165) is 21.2 Å². The van der Waals surface area contributed by atoms with E-state index in [0.29, 0.717) is 12.8 Å². The first-order valence-corrected chi connectivity index (χ1v) is 7.65. The minimum atomic E-state index is -0.783. The molecule has 3 nitrogen and oxygen atoms in total. The molecule has 2 heterocycles. The van der Waals surface area contributed by atoms with Crippen molar-refractivity contribution in [3.8, 4) is 0 Å². The number of halogens is 1. The molecule has 0 aliphatic carbocycles. The first-order valence-electron chi connectivity index (χ1n) is 6.86. The topological polar surface area (TPSA) is 43.4 Å². The first kappa shape index (κ1) is 14.0. The summed E-state index contributed by atoms with van der Waals surface area (Å²) in [6.07, 6.45) is 0.893. The Morgan fingerprint density at radius 3 is 2.45 bits per heavy atom. The minimum Gasteiger partial charge on any atom is -0.356 e. The van der Waals surface area contributed by atoms with Crippen LogP contribution in [0.5, 0.6) is 0 Å².